The van der Waals surface area contributed by atoms with Crippen molar-refractivity contribution in [3.05, 3.63) is 11.9 Å². The maximum absolute atomic E-state index is 4.75. The lowest BCUT2D eigenvalue weighted by molar-refractivity contribution is 0.432. The van der Waals surface area contributed by atoms with Crippen molar-refractivity contribution < 1.29 is 0 Å². The SMILES string of the molecule is Cc1cn(C2CCCC2)c(NC2CC3CCC2C3)n1. The molecule has 3 aliphatic carbocycles. The van der Waals surface area contributed by atoms with Crippen LogP contribution in [0.25, 0.3) is 0 Å². The van der Waals surface area contributed by atoms with Gasteiger partial charge in [0.2, 0.25) is 5.95 Å². The molecule has 2 bridgehead atoms. The van der Waals surface area contributed by atoms with Crippen LogP contribution in [0.5, 0.6) is 0 Å². The number of fused-ring (bicyclic) bond motifs is 2. The van der Waals surface area contributed by atoms with Gasteiger partial charge in [-0.15, -0.1) is 0 Å². The Bertz CT molecular complexity index is 459. The van der Waals surface area contributed by atoms with Crippen LogP contribution in [-0.4, -0.2) is 15.6 Å². The molecule has 1 aromatic heterocycles. The standard InChI is InChI=1S/C16H25N3/c1-11-10-19(14-4-2-3-5-14)16(17-11)18-15-9-12-6-7-13(15)8-12/h10,12-15H,2-9H2,1H3,(H,17,18). The summed E-state index contributed by atoms with van der Waals surface area (Å²) in [5, 5.41) is 3.79. The molecular formula is C16H25N3. The van der Waals surface area contributed by atoms with Gasteiger partial charge in [0, 0.05) is 18.3 Å². The van der Waals surface area contributed by atoms with Gasteiger partial charge in [0.25, 0.3) is 0 Å². The largest absolute Gasteiger partial charge is 0.353 e. The Morgan fingerprint density at radius 3 is 2.68 bits per heavy atom. The fourth-order valence-electron chi connectivity index (χ4n) is 4.67. The Kier molecular flexibility index (Phi) is 2.82. The van der Waals surface area contributed by atoms with Crippen LogP contribution in [-0.2, 0) is 0 Å². The highest BCUT2D eigenvalue weighted by Gasteiger charge is 2.40. The minimum Gasteiger partial charge on any atom is -0.353 e. The third-order valence-corrected chi connectivity index (χ3v) is 5.62. The number of rotatable bonds is 3. The van der Waals surface area contributed by atoms with Gasteiger partial charge in [0.05, 0.1) is 5.69 Å². The Hall–Kier alpha value is -0.990. The summed E-state index contributed by atoms with van der Waals surface area (Å²) in [6, 6.07) is 1.39. The Morgan fingerprint density at radius 1 is 1.16 bits per heavy atom. The summed E-state index contributed by atoms with van der Waals surface area (Å²) in [5.74, 6) is 3.07. The summed E-state index contributed by atoms with van der Waals surface area (Å²) in [6.07, 6.45) is 13.4. The first kappa shape index (κ1) is 11.8. The van der Waals surface area contributed by atoms with Crippen molar-refractivity contribution in [3.63, 3.8) is 0 Å². The average Bonchev–Trinajstić information content (AvgIpc) is 3.11. The van der Waals surface area contributed by atoms with E-state index in [4.69, 9.17) is 4.98 Å². The molecule has 4 rings (SSSR count). The van der Waals surface area contributed by atoms with E-state index in [1.54, 1.807) is 0 Å². The van der Waals surface area contributed by atoms with Crippen molar-refractivity contribution in [2.24, 2.45) is 11.8 Å². The first-order valence-electron chi connectivity index (χ1n) is 8.11. The summed E-state index contributed by atoms with van der Waals surface area (Å²) in [6.45, 7) is 2.12. The molecule has 3 unspecified atom stereocenters. The molecule has 3 aliphatic rings. The Morgan fingerprint density at radius 2 is 2.00 bits per heavy atom. The lowest BCUT2D eigenvalue weighted by atomic mass is 9.95. The van der Waals surface area contributed by atoms with Gasteiger partial charge in [-0.3, -0.25) is 0 Å². The van der Waals surface area contributed by atoms with E-state index in [1.807, 2.05) is 0 Å². The predicted octanol–water partition coefficient (Wildman–Crippen LogP) is 3.91. The van der Waals surface area contributed by atoms with E-state index in [0.29, 0.717) is 12.1 Å². The second-order valence-electron chi connectivity index (χ2n) is 6.98. The molecule has 0 spiro atoms. The molecule has 0 aliphatic heterocycles. The van der Waals surface area contributed by atoms with Gasteiger partial charge in [-0.2, -0.15) is 0 Å². The van der Waals surface area contributed by atoms with Gasteiger partial charge in [0.1, 0.15) is 0 Å². The fourth-order valence-corrected chi connectivity index (χ4v) is 4.67. The first-order chi connectivity index (χ1) is 9.29. The van der Waals surface area contributed by atoms with Gasteiger partial charge in [-0.05, 0) is 50.9 Å². The van der Waals surface area contributed by atoms with Crippen molar-refractivity contribution >= 4 is 5.95 Å². The van der Waals surface area contributed by atoms with E-state index in [2.05, 4.69) is 23.0 Å². The summed E-state index contributed by atoms with van der Waals surface area (Å²) in [5.41, 5.74) is 1.16. The topological polar surface area (TPSA) is 29.9 Å². The molecule has 0 radical (unpaired) electrons. The number of hydrogen-bond donors (Lipinski definition) is 1. The lowest BCUT2D eigenvalue weighted by Gasteiger charge is -2.25. The molecule has 0 aromatic carbocycles. The smallest absolute Gasteiger partial charge is 0.203 e. The third-order valence-electron chi connectivity index (χ3n) is 5.62. The summed E-state index contributed by atoms with van der Waals surface area (Å²) in [4.78, 5) is 4.75. The highest BCUT2D eigenvalue weighted by Crippen LogP contribution is 2.45. The van der Waals surface area contributed by atoms with E-state index in [1.165, 1.54) is 51.4 Å². The molecule has 3 atom stereocenters. The number of imidazole rings is 1. The molecule has 3 heteroatoms. The molecular weight excluding hydrogens is 234 g/mol. The van der Waals surface area contributed by atoms with Crippen LogP contribution in [0, 0.1) is 18.8 Å². The van der Waals surface area contributed by atoms with Gasteiger partial charge in [-0.1, -0.05) is 19.3 Å². The van der Waals surface area contributed by atoms with Crippen LogP contribution >= 0.6 is 0 Å². The van der Waals surface area contributed by atoms with Crippen molar-refractivity contribution in [2.45, 2.75) is 70.4 Å². The normalized spacial score (nSPS) is 34.3. The number of nitrogens with zero attached hydrogens (tertiary/aromatic N) is 2. The van der Waals surface area contributed by atoms with Crippen LogP contribution in [0.3, 0.4) is 0 Å². The van der Waals surface area contributed by atoms with E-state index in [0.717, 1.165) is 23.5 Å². The van der Waals surface area contributed by atoms with E-state index in [-0.39, 0.29) is 0 Å². The minimum absolute atomic E-state index is 0.695. The number of hydrogen-bond acceptors (Lipinski definition) is 2. The van der Waals surface area contributed by atoms with Crippen LogP contribution in [0.4, 0.5) is 5.95 Å². The molecule has 1 heterocycles. The van der Waals surface area contributed by atoms with Gasteiger partial charge in [-0.25, -0.2) is 4.98 Å². The summed E-state index contributed by atoms with van der Waals surface area (Å²) in [7, 11) is 0. The van der Waals surface area contributed by atoms with Crippen LogP contribution in [0.2, 0.25) is 0 Å². The van der Waals surface area contributed by atoms with E-state index in [9.17, 15) is 0 Å². The van der Waals surface area contributed by atoms with Gasteiger partial charge < -0.3 is 9.88 Å². The molecule has 1 N–H and O–H groups in total. The highest BCUT2D eigenvalue weighted by molar-refractivity contribution is 5.32. The molecule has 19 heavy (non-hydrogen) atoms. The minimum atomic E-state index is 0.695. The highest BCUT2D eigenvalue weighted by atomic mass is 15.2. The second-order valence-corrected chi connectivity index (χ2v) is 6.98. The number of aryl methyl sites for hydroxylation is 1. The number of aromatic nitrogens is 2. The van der Waals surface area contributed by atoms with Crippen LogP contribution < -0.4 is 5.32 Å². The zero-order valence-corrected chi connectivity index (χ0v) is 11.9. The van der Waals surface area contributed by atoms with Gasteiger partial charge in [0.15, 0.2) is 0 Å². The zero-order chi connectivity index (χ0) is 12.8. The maximum atomic E-state index is 4.75. The quantitative estimate of drug-likeness (QED) is 0.892. The van der Waals surface area contributed by atoms with Crippen molar-refractivity contribution in [1.29, 1.82) is 0 Å². The van der Waals surface area contributed by atoms with E-state index < -0.39 is 0 Å². The van der Waals surface area contributed by atoms with Crippen molar-refractivity contribution in [3.8, 4) is 0 Å². The molecule has 1 aromatic rings. The average molecular weight is 259 g/mol. The molecule has 0 amide bonds. The molecule has 104 valence electrons. The Balaban J connectivity index is 1.54. The fraction of sp³-hybridized carbons (Fsp3) is 0.812. The lowest BCUT2D eigenvalue weighted by Crippen LogP contribution is -2.28. The van der Waals surface area contributed by atoms with E-state index >= 15 is 0 Å². The predicted molar refractivity (Wildman–Crippen MR) is 77.3 cm³/mol. The first-order valence-corrected chi connectivity index (χ1v) is 8.11. The zero-order valence-electron chi connectivity index (χ0n) is 11.9. The molecule has 0 saturated heterocycles. The van der Waals surface area contributed by atoms with Crippen molar-refractivity contribution in [2.75, 3.05) is 5.32 Å². The Labute approximate surface area is 115 Å². The summed E-state index contributed by atoms with van der Waals surface area (Å²) < 4.78 is 2.44. The third kappa shape index (κ3) is 2.07. The molecule has 3 nitrogen and oxygen atoms in total. The van der Waals surface area contributed by atoms with Gasteiger partial charge >= 0.3 is 0 Å². The maximum Gasteiger partial charge on any atom is 0.203 e. The summed E-state index contributed by atoms with van der Waals surface area (Å²) >= 11 is 0. The molecule has 3 saturated carbocycles. The monoisotopic (exact) mass is 259 g/mol. The van der Waals surface area contributed by atoms with Crippen LogP contribution in [0.1, 0.15) is 63.1 Å². The number of nitrogens with one attached hydrogen (secondary N) is 1. The second kappa shape index (κ2) is 4.53. The molecule has 3 fully saturated rings. The number of anilines is 1. The van der Waals surface area contributed by atoms with Crippen LogP contribution in [0.15, 0.2) is 6.20 Å². The van der Waals surface area contributed by atoms with Crippen molar-refractivity contribution in [1.82, 2.24) is 9.55 Å².